The van der Waals surface area contributed by atoms with Crippen LogP contribution in [0, 0.1) is 4.77 Å². The standard InChI is InChI=1S/C24H29ClN4O3S/c1-3-30-21-10-6-7-11-22(21)32-18-12-14-28(15-13-18)17-29-24(33)27(2)23(26-29)16-31-20-9-5-4-8-19(20)25/h4-11,18H,3,12-17H2,1-2H3. The summed E-state index contributed by atoms with van der Waals surface area (Å²) in [5.41, 5.74) is 0. The number of para-hydroxylation sites is 3. The molecule has 2 heterocycles. The van der Waals surface area contributed by atoms with Crippen LogP contribution in [0.1, 0.15) is 25.6 Å². The summed E-state index contributed by atoms with van der Waals surface area (Å²) in [7, 11) is 1.91. The third kappa shape index (κ3) is 5.88. The summed E-state index contributed by atoms with van der Waals surface area (Å²) < 4.78 is 22.2. The number of ether oxygens (including phenoxy) is 3. The number of rotatable bonds is 9. The maximum Gasteiger partial charge on any atom is 0.198 e. The van der Waals surface area contributed by atoms with Crippen molar-refractivity contribution in [3.8, 4) is 17.2 Å². The van der Waals surface area contributed by atoms with E-state index in [0.717, 1.165) is 43.3 Å². The van der Waals surface area contributed by atoms with Crippen molar-refractivity contribution >= 4 is 23.8 Å². The second kappa shape index (κ2) is 11.0. The molecule has 1 aromatic heterocycles. The van der Waals surface area contributed by atoms with E-state index >= 15 is 0 Å². The van der Waals surface area contributed by atoms with E-state index in [2.05, 4.69) is 10.00 Å². The number of hydrogen-bond donors (Lipinski definition) is 0. The van der Waals surface area contributed by atoms with Crippen molar-refractivity contribution in [1.29, 1.82) is 0 Å². The molecule has 0 atom stereocenters. The van der Waals surface area contributed by atoms with Gasteiger partial charge in [-0.1, -0.05) is 35.9 Å². The van der Waals surface area contributed by atoms with E-state index in [9.17, 15) is 0 Å². The third-order valence-electron chi connectivity index (χ3n) is 5.64. The van der Waals surface area contributed by atoms with Crippen LogP contribution in [0.2, 0.25) is 5.02 Å². The molecule has 9 heteroatoms. The molecule has 0 unspecified atom stereocenters. The van der Waals surface area contributed by atoms with Crippen molar-refractivity contribution in [2.75, 3.05) is 19.7 Å². The average molecular weight is 489 g/mol. The molecule has 33 heavy (non-hydrogen) atoms. The van der Waals surface area contributed by atoms with Crippen molar-refractivity contribution < 1.29 is 14.2 Å². The normalized spacial score (nSPS) is 14.9. The molecule has 1 fully saturated rings. The fourth-order valence-corrected chi connectivity index (χ4v) is 4.21. The molecule has 0 aliphatic carbocycles. The summed E-state index contributed by atoms with van der Waals surface area (Å²) in [6, 6.07) is 15.3. The van der Waals surface area contributed by atoms with Crippen molar-refractivity contribution in [1.82, 2.24) is 19.2 Å². The smallest absolute Gasteiger partial charge is 0.198 e. The highest BCUT2D eigenvalue weighted by molar-refractivity contribution is 7.71. The van der Waals surface area contributed by atoms with Crippen LogP contribution in [0.5, 0.6) is 17.2 Å². The highest BCUT2D eigenvalue weighted by Gasteiger charge is 2.22. The molecule has 1 aliphatic rings. The summed E-state index contributed by atoms with van der Waals surface area (Å²) in [6.45, 7) is 5.35. The quantitative estimate of drug-likeness (QED) is 0.391. The van der Waals surface area contributed by atoms with Gasteiger partial charge in [-0.25, -0.2) is 4.68 Å². The van der Waals surface area contributed by atoms with Gasteiger partial charge in [0.2, 0.25) is 0 Å². The molecule has 3 aromatic rings. The van der Waals surface area contributed by atoms with Gasteiger partial charge in [0.15, 0.2) is 22.1 Å². The van der Waals surface area contributed by atoms with Gasteiger partial charge in [0, 0.05) is 20.1 Å². The van der Waals surface area contributed by atoms with Crippen LogP contribution in [0.4, 0.5) is 0 Å². The Balaban J connectivity index is 1.32. The van der Waals surface area contributed by atoms with Crippen molar-refractivity contribution in [3.05, 3.63) is 64.1 Å². The SMILES string of the molecule is CCOc1ccccc1OC1CCN(Cn2nc(COc3ccccc3Cl)n(C)c2=S)CC1. The second-order valence-electron chi connectivity index (χ2n) is 7.93. The number of piperidine rings is 1. The maximum absolute atomic E-state index is 6.24. The fraction of sp³-hybridized carbons (Fsp3) is 0.417. The zero-order valence-corrected chi connectivity index (χ0v) is 20.5. The summed E-state index contributed by atoms with van der Waals surface area (Å²) >= 11 is 11.8. The van der Waals surface area contributed by atoms with E-state index in [0.29, 0.717) is 35.4 Å². The van der Waals surface area contributed by atoms with Gasteiger partial charge in [-0.3, -0.25) is 4.90 Å². The monoisotopic (exact) mass is 488 g/mol. The van der Waals surface area contributed by atoms with Crippen LogP contribution >= 0.6 is 23.8 Å². The van der Waals surface area contributed by atoms with Crippen LogP contribution in [-0.2, 0) is 20.3 Å². The van der Waals surface area contributed by atoms with Gasteiger partial charge in [0.25, 0.3) is 0 Å². The van der Waals surface area contributed by atoms with Crippen LogP contribution < -0.4 is 14.2 Å². The molecule has 1 saturated heterocycles. The molecular weight excluding hydrogens is 460 g/mol. The summed E-state index contributed by atoms with van der Waals surface area (Å²) in [4.78, 5) is 2.34. The highest BCUT2D eigenvalue weighted by Crippen LogP contribution is 2.29. The topological polar surface area (TPSA) is 53.7 Å². The van der Waals surface area contributed by atoms with Gasteiger partial charge in [0.05, 0.1) is 18.3 Å². The zero-order chi connectivity index (χ0) is 23.2. The molecule has 0 spiro atoms. The van der Waals surface area contributed by atoms with Crippen LogP contribution in [0.25, 0.3) is 0 Å². The predicted octanol–water partition coefficient (Wildman–Crippen LogP) is 5.08. The minimum absolute atomic E-state index is 0.166. The molecule has 0 saturated carbocycles. The molecule has 0 radical (unpaired) electrons. The first-order valence-corrected chi connectivity index (χ1v) is 11.9. The van der Waals surface area contributed by atoms with Crippen molar-refractivity contribution in [2.24, 2.45) is 7.05 Å². The molecular formula is C24H29ClN4O3S. The van der Waals surface area contributed by atoms with E-state index in [1.165, 1.54) is 0 Å². The lowest BCUT2D eigenvalue weighted by Gasteiger charge is -2.32. The summed E-state index contributed by atoms with van der Waals surface area (Å²) in [5.74, 6) is 3.00. The van der Waals surface area contributed by atoms with Gasteiger partial charge in [-0.15, -0.1) is 0 Å². The van der Waals surface area contributed by atoms with E-state index in [1.54, 1.807) is 6.07 Å². The van der Waals surface area contributed by atoms with E-state index in [1.807, 2.05) is 65.7 Å². The number of halogens is 1. The van der Waals surface area contributed by atoms with E-state index < -0.39 is 0 Å². The van der Waals surface area contributed by atoms with Gasteiger partial charge < -0.3 is 18.8 Å². The molecule has 2 aromatic carbocycles. The molecule has 176 valence electrons. The Morgan fingerprint density at radius 3 is 2.36 bits per heavy atom. The maximum atomic E-state index is 6.24. The molecule has 1 aliphatic heterocycles. The number of benzene rings is 2. The Labute approximate surface area is 204 Å². The summed E-state index contributed by atoms with van der Waals surface area (Å²) in [6.07, 6.45) is 2.03. The first-order valence-electron chi connectivity index (χ1n) is 11.2. The predicted molar refractivity (Wildman–Crippen MR) is 131 cm³/mol. The van der Waals surface area contributed by atoms with Crippen LogP contribution in [0.3, 0.4) is 0 Å². The minimum atomic E-state index is 0.166. The molecule has 4 rings (SSSR count). The number of nitrogens with zero attached hydrogens (tertiary/aromatic N) is 4. The Kier molecular flexibility index (Phi) is 7.90. The first kappa shape index (κ1) is 23.6. The number of likely N-dealkylation sites (tertiary alicyclic amines) is 1. The van der Waals surface area contributed by atoms with E-state index in [4.69, 9.17) is 38.0 Å². The summed E-state index contributed by atoms with van der Waals surface area (Å²) in [5, 5.41) is 5.26. The Morgan fingerprint density at radius 1 is 1.00 bits per heavy atom. The first-order chi connectivity index (χ1) is 16.0. The molecule has 0 bridgehead atoms. The Morgan fingerprint density at radius 2 is 1.67 bits per heavy atom. The van der Waals surface area contributed by atoms with Crippen molar-refractivity contribution in [2.45, 2.75) is 39.1 Å². The number of hydrogen-bond acceptors (Lipinski definition) is 6. The molecule has 7 nitrogen and oxygen atoms in total. The molecule has 0 amide bonds. The third-order valence-corrected chi connectivity index (χ3v) is 6.43. The van der Waals surface area contributed by atoms with Gasteiger partial charge in [0.1, 0.15) is 18.5 Å². The highest BCUT2D eigenvalue weighted by atomic mass is 35.5. The zero-order valence-electron chi connectivity index (χ0n) is 18.9. The van der Waals surface area contributed by atoms with E-state index in [-0.39, 0.29) is 6.10 Å². The van der Waals surface area contributed by atoms with Crippen LogP contribution in [0.15, 0.2) is 48.5 Å². The molecule has 0 N–H and O–H groups in total. The van der Waals surface area contributed by atoms with Gasteiger partial charge in [-0.2, -0.15) is 5.10 Å². The van der Waals surface area contributed by atoms with Gasteiger partial charge >= 0.3 is 0 Å². The average Bonchev–Trinajstić information content (AvgIpc) is 3.09. The van der Waals surface area contributed by atoms with Crippen molar-refractivity contribution in [3.63, 3.8) is 0 Å². The minimum Gasteiger partial charge on any atom is -0.490 e. The lowest BCUT2D eigenvalue weighted by atomic mass is 10.1. The Bertz CT molecular complexity index is 1120. The lowest BCUT2D eigenvalue weighted by molar-refractivity contribution is 0.0776. The largest absolute Gasteiger partial charge is 0.490 e. The second-order valence-corrected chi connectivity index (χ2v) is 8.71. The number of aromatic nitrogens is 3. The van der Waals surface area contributed by atoms with Gasteiger partial charge in [-0.05, 0) is 56.2 Å². The lowest BCUT2D eigenvalue weighted by Crippen LogP contribution is -2.39. The fourth-order valence-electron chi connectivity index (χ4n) is 3.81. The Hall–Kier alpha value is -2.55. The van der Waals surface area contributed by atoms with Crippen LogP contribution in [-0.4, -0.2) is 45.0 Å².